The number of rotatable bonds is 2. The summed E-state index contributed by atoms with van der Waals surface area (Å²) < 4.78 is 2.98. The maximum atomic E-state index is 9.54. The van der Waals surface area contributed by atoms with Crippen LogP contribution in [0.25, 0.3) is 20.9 Å². The number of halogens is 2. The van der Waals surface area contributed by atoms with E-state index in [0.717, 1.165) is 41.7 Å². The number of benzene rings is 2. The van der Waals surface area contributed by atoms with E-state index in [9.17, 15) is 10.4 Å². The summed E-state index contributed by atoms with van der Waals surface area (Å²) in [6, 6.07) is 14.9. The monoisotopic (exact) mass is 514 g/mol. The zero-order valence-electron chi connectivity index (χ0n) is 15.8. The molecule has 2 aromatic heterocycles. The van der Waals surface area contributed by atoms with Gasteiger partial charge < -0.3 is 10.4 Å². The quantitative estimate of drug-likeness (QED) is 0.208. The van der Waals surface area contributed by atoms with Gasteiger partial charge in [0.25, 0.3) is 0 Å². The minimum atomic E-state index is 0.456. The van der Waals surface area contributed by atoms with E-state index in [1.54, 1.807) is 0 Å². The Morgan fingerprint density at radius 1 is 0.667 bits per heavy atom. The van der Waals surface area contributed by atoms with Gasteiger partial charge in [0.15, 0.2) is 7.91 Å². The van der Waals surface area contributed by atoms with Gasteiger partial charge in [0, 0.05) is 10.0 Å². The zero-order valence-corrected chi connectivity index (χ0v) is 20.6. The first kappa shape index (κ1) is 23.0. The van der Waals surface area contributed by atoms with Crippen LogP contribution in [-0.2, 0) is 0 Å². The molecule has 0 amide bonds. The van der Waals surface area contributed by atoms with Crippen LogP contribution in [0, 0.1) is 21.8 Å². The Bertz CT molecular complexity index is 1180. The topological polar surface area (TPSA) is 50.3 Å². The summed E-state index contributed by atoms with van der Waals surface area (Å²) in [5, 5.41) is 20.5. The molecule has 2 N–H and O–H groups in total. The Balaban J connectivity index is 0.000000171. The molecule has 0 atom stereocenters. The number of nitrogens with zero attached hydrogens (tertiary/aromatic N) is 2. The molecule has 156 valence electrons. The molecule has 0 aliphatic carbocycles. The summed E-state index contributed by atoms with van der Waals surface area (Å²) in [6.07, 6.45) is 0. The lowest BCUT2D eigenvalue weighted by molar-refractivity contribution is 0.179. The van der Waals surface area contributed by atoms with Gasteiger partial charge in [-0.2, -0.15) is 9.46 Å². The average Bonchev–Trinajstić information content (AvgIpc) is 3.14. The highest BCUT2D eigenvalue weighted by Gasteiger charge is 2.10. The molecule has 10 heteroatoms. The predicted molar refractivity (Wildman–Crippen MR) is 131 cm³/mol. The molecule has 0 saturated heterocycles. The molecule has 0 unspecified atom stereocenters. The van der Waals surface area contributed by atoms with Gasteiger partial charge in [-0.15, -0.1) is 22.7 Å². The van der Waals surface area contributed by atoms with Crippen molar-refractivity contribution in [1.29, 1.82) is 0 Å². The van der Waals surface area contributed by atoms with Gasteiger partial charge in [0.05, 0.1) is 21.1 Å². The fourth-order valence-electron chi connectivity index (χ4n) is 2.61. The van der Waals surface area contributed by atoms with Crippen molar-refractivity contribution in [3.63, 3.8) is 0 Å². The molecule has 0 radical (unpaired) electrons. The van der Waals surface area contributed by atoms with Gasteiger partial charge in [-0.1, -0.05) is 47.5 Å². The molecular weight excluding hydrogens is 499 g/mol. The predicted octanol–water partition coefficient (Wildman–Crippen LogP) is 8.29. The molecule has 0 aliphatic heterocycles. The van der Waals surface area contributed by atoms with Gasteiger partial charge in [-0.3, -0.25) is 0 Å². The SMILES string of the molecule is Cc1c(-c2ccc(Cl)cc2)sc(=S)n1O.Cc1c(-c2ccc(Cl)cc2)sc(=S)n1O. The number of hydrogen-bond acceptors (Lipinski definition) is 6. The lowest BCUT2D eigenvalue weighted by Gasteiger charge is -1.99. The lowest BCUT2D eigenvalue weighted by Crippen LogP contribution is -1.92. The molecule has 0 fully saturated rings. The van der Waals surface area contributed by atoms with E-state index in [-0.39, 0.29) is 0 Å². The van der Waals surface area contributed by atoms with Crippen molar-refractivity contribution in [3.8, 4) is 20.9 Å². The van der Waals surface area contributed by atoms with E-state index in [4.69, 9.17) is 47.6 Å². The summed E-state index contributed by atoms with van der Waals surface area (Å²) >= 11 is 24.4. The third-order valence-electron chi connectivity index (χ3n) is 4.23. The first-order valence-electron chi connectivity index (χ1n) is 8.54. The van der Waals surface area contributed by atoms with Crippen molar-refractivity contribution >= 4 is 70.3 Å². The van der Waals surface area contributed by atoms with Crippen LogP contribution < -0.4 is 0 Å². The average molecular weight is 516 g/mol. The third kappa shape index (κ3) is 4.96. The highest BCUT2D eigenvalue weighted by atomic mass is 35.5. The normalized spacial score (nSPS) is 10.5. The van der Waals surface area contributed by atoms with Crippen LogP contribution in [0.1, 0.15) is 11.4 Å². The Morgan fingerprint density at radius 2 is 0.967 bits per heavy atom. The van der Waals surface area contributed by atoms with Crippen LogP contribution in [0.4, 0.5) is 0 Å². The number of hydrogen-bond donors (Lipinski definition) is 2. The van der Waals surface area contributed by atoms with Crippen molar-refractivity contribution in [3.05, 3.63) is 77.9 Å². The summed E-state index contributed by atoms with van der Waals surface area (Å²) in [7, 11) is 0. The van der Waals surface area contributed by atoms with Gasteiger partial charge >= 0.3 is 0 Å². The standard InChI is InChI=1S/2C10H8ClNOS2/c2*1-6-9(15-10(14)12(6)13)7-2-4-8(11)5-3-7/h2*2-5,13H,1H3. The van der Waals surface area contributed by atoms with E-state index in [0.29, 0.717) is 18.0 Å². The Kier molecular flexibility index (Phi) is 7.38. The molecule has 2 aromatic carbocycles. The van der Waals surface area contributed by atoms with Gasteiger partial charge in [-0.25, -0.2) is 0 Å². The van der Waals surface area contributed by atoms with Crippen LogP contribution in [0.5, 0.6) is 0 Å². The Morgan fingerprint density at radius 3 is 1.20 bits per heavy atom. The molecule has 4 nitrogen and oxygen atoms in total. The van der Waals surface area contributed by atoms with Crippen LogP contribution in [0.2, 0.25) is 10.0 Å². The Hall–Kier alpha value is -1.68. The maximum absolute atomic E-state index is 9.54. The smallest absolute Gasteiger partial charge is 0.197 e. The summed E-state index contributed by atoms with van der Waals surface area (Å²) in [4.78, 5) is 1.94. The number of thiazole rings is 2. The fourth-order valence-corrected chi connectivity index (χ4v) is 5.41. The van der Waals surface area contributed by atoms with Crippen molar-refractivity contribution in [1.82, 2.24) is 9.46 Å². The van der Waals surface area contributed by atoms with Crippen LogP contribution in [0.3, 0.4) is 0 Å². The first-order valence-corrected chi connectivity index (χ1v) is 11.7. The third-order valence-corrected chi connectivity index (χ3v) is 7.75. The fraction of sp³-hybridized carbons (Fsp3) is 0.100. The van der Waals surface area contributed by atoms with Crippen molar-refractivity contribution in [2.45, 2.75) is 13.8 Å². The minimum Gasteiger partial charge on any atom is -0.427 e. The molecule has 0 aliphatic rings. The van der Waals surface area contributed by atoms with E-state index in [1.165, 1.54) is 22.7 Å². The zero-order chi connectivity index (χ0) is 22.0. The summed E-state index contributed by atoms with van der Waals surface area (Å²) in [5.74, 6) is 0. The van der Waals surface area contributed by atoms with Crippen molar-refractivity contribution in [2.24, 2.45) is 0 Å². The van der Waals surface area contributed by atoms with Crippen molar-refractivity contribution < 1.29 is 10.4 Å². The maximum Gasteiger partial charge on any atom is 0.197 e. The minimum absolute atomic E-state index is 0.456. The van der Waals surface area contributed by atoms with Gasteiger partial charge in [0.1, 0.15) is 0 Å². The van der Waals surface area contributed by atoms with E-state index in [2.05, 4.69) is 0 Å². The second-order valence-corrected chi connectivity index (χ2v) is 10.4. The van der Waals surface area contributed by atoms with Crippen molar-refractivity contribution in [2.75, 3.05) is 0 Å². The van der Waals surface area contributed by atoms with Crippen LogP contribution >= 0.6 is 70.3 Å². The largest absolute Gasteiger partial charge is 0.427 e. The summed E-state index contributed by atoms with van der Waals surface area (Å²) in [6.45, 7) is 3.66. The molecule has 30 heavy (non-hydrogen) atoms. The first-order chi connectivity index (χ1) is 14.2. The molecule has 0 spiro atoms. The van der Waals surface area contributed by atoms with Crippen LogP contribution in [-0.4, -0.2) is 19.9 Å². The molecule has 4 rings (SSSR count). The summed E-state index contributed by atoms with van der Waals surface area (Å²) in [5.41, 5.74) is 3.54. The molecular formula is C20H16Cl2N2O2S4. The highest BCUT2D eigenvalue weighted by molar-refractivity contribution is 7.73. The van der Waals surface area contributed by atoms with Gasteiger partial charge in [-0.05, 0) is 73.7 Å². The molecule has 2 heterocycles. The number of aromatic nitrogens is 2. The second-order valence-electron chi connectivity index (χ2n) is 6.20. The molecule has 4 aromatic rings. The molecule has 0 saturated carbocycles. The van der Waals surface area contributed by atoms with Crippen LogP contribution in [0.15, 0.2) is 48.5 Å². The Labute approximate surface area is 201 Å². The lowest BCUT2D eigenvalue weighted by atomic mass is 10.2. The van der Waals surface area contributed by atoms with E-state index >= 15 is 0 Å². The van der Waals surface area contributed by atoms with E-state index in [1.807, 2.05) is 62.4 Å². The highest BCUT2D eigenvalue weighted by Crippen LogP contribution is 2.31. The van der Waals surface area contributed by atoms with E-state index < -0.39 is 0 Å². The van der Waals surface area contributed by atoms with Gasteiger partial charge in [0.2, 0.25) is 0 Å². The molecule has 0 bridgehead atoms. The second kappa shape index (κ2) is 9.64.